The molecule has 140 valence electrons. The number of aliphatic imine (C=N–C) groups is 1. The molecule has 1 saturated carbocycles. The van der Waals surface area contributed by atoms with Gasteiger partial charge in [0.05, 0.1) is 6.54 Å². The Labute approximate surface area is 167 Å². The summed E-state index contributed by atoms with van der Waals surface area (Å²) < 4.78 is 3.10. The lowest BCUT2D eigenvalue weighted by molar-refractivity contribution is 0.244. The molecule has 0 amide bonds. The quantitative estimate of drug-likeness (QED) is 0.485. The standard InChI is InChI=1S/C20H23BrN6/c1-22-19(23-13-18-26-25-17-5-2-3-12-27(17)18)24-14-20(10-4-11-20)15-6-8-16(21)9-7-15/h2-3,5-9,12H,4,10-11,13-14H2,1H3,(H2,22,23,24). The molecule has 1 fully saturated rings. The molecule has 27 heavy (non-hydrogen) atoms. The molecular formula is C20H23BrN6. The van der Waals surface area contributed by atoms with Crippen LogP contribution in [-0.2, 0) is 12.0 Å². The third-order valence-corrected chi connectivity index (χ3v) is 5.91. The summed E-state index contributed by atoms with van der Waals surface area (Å²) in [6, 6.07) is 14.6. The van der Waals surface area contributed by atoms with Crippen molar-refractivity contribution in [1.29, 1.82) is 0 Å². The lowest BCUT2D eigenvalue weighted by Crippen LogP contribution is -2.48. The second kappa shape index (κ2) is 7.68. The van der Waals surface area contributed by atoms with Gasteiger partial charge in [-0.2, -0.15) is 0 Å². The zero-order valence-electron chi connectivity index (χ0n) is 15.3. The van der Waals surface area contributed by atoms with Crippen LogP contribution in [0.3, 0.4) is 0 Å². The zero-order valence-corrected chi connectivity index (χ0v) is 16.9. The van der Waals surface area contributed by atoms with Gasteiger partial charge in [-0.3, -0.25) is 9.39 Å². The summed E-state index contributed by atoms with van der Waals surface area (Å²) in [6.45, 7) is 1.44. The van der Waals surface area contributed by atoms with E-state index in [0.717, 1.165) is 28.4 Å². The molecule has 0 atom stereocenters. The predicted molar refractivity (Wildman–Crippen MR) is 111 cm³/mol. The average molecular weight is 427 g/mol. The monoisotopic (exact) mass is 426 g/mol. The van der Waals surface area contributed by atoms with Crippen molar-refractivity contribution in [2.24, 2.45) is 4.99 Å². The summed E-state index contributed by atoms with van der Waals surface area (Å²) in [5.41, 5.74) is 2.43. The van der Waals surface area contributed by atoms with Crippen LogP contribution in [0, 0.1) is 0 Å². The second-order valence-electron chi connectivity index (χ2n) is 6.97. The van der Waals surface area contributed by atoms with Crippen molar-refractivity contribution in [1.82, 2.24) is 25.2 Å². The van der Waals surface area contributed by atoms with Gasteiger partial charge in [0.25, 0.3) is 0 Å². The molecule has 2 N–H and O–H groups in total. The molecule has 3 aromatic rings. The molecule has 2 heterocycles. The van der Waals surface area contributed by atoms with Crippen molar-refractivity contribution in [2.45, 2.75) is 31.2 Å². The molecule has 0 radical (unpaired) electrons. The Morgan fingerprint density at radius 3 is 2.67 bits per heavy atom. The van der Waals surface area contributed by atoms with E-state index in [4.69, 9.17) is 0 Å². The van der Waals surface area contributed by atoms with Crippen LogP contribution < -0.4 is 10.6 Å². The summed E-state index contributed by atoms with van der Waals surface area (Å²) >= 11 is 3.52. The van der Waals surface area contributed by atoms with Crippen molar-refractivity contribution in [3.63, 3.8) is 0 Å². The summed E-state index contributed by atoms with van der Waals surface area (Å²) in [6.07, 6.45) is 5.65. The van der Waals surface area contributed by atoms with Crippen LogP contribution in [0.15, 0.2) is 58.1 Å². The smallest absolute Gasteiger partial charge is 0.191 e. The lowest BCUT2D eigenvalue weighted by atomic mass is 9.64. The first-order valence-electron chi connectivity index (χ1n) is 9.19. The summed E-state index contributed by atoms with van der Waals surface area (Å²) in [7, 11) is 1.80. The van der Waals surface area contributed by atoms with Gasteiger partial charge in [-0.1, -0.05) is 40.5 Å². The highest BCUT2D eigenvalue weighted by Gasteiger charge is 2.38. The number of benzene rings is 1. The third kappa shape index (κ3) is 3.69. The highest BCUT2D eigenvalue weighted by atomic mass is 79.9. The molecule has 0 bridgehead atoms. The van der Waals surface area contributed by atoms with Crippen molar-refractivity contribution in [2.75, 3.05) is 13.6 Å². The van der Waals surface area contributed by atoms with Crippen molar-refractivity contribution >= 4 is 27.5 Å². The Kier molecular flexibility index (Phi) is 5.11. The molecular weight excluding hydrogens is 404 g/mol. The van der Waals surface area contributed by atoms with Crippen molar-refractivity contribution < 1.29 is 0 Å². The molecule has 1 aliphatic rings. The van der Waals surface area contributed by atoms with E-state index in [-0.39, 0.29) is 5.41 Å². The minimum absolute atomic E-state index is 0.194. The topological polar surface area (TPSA) is 66.6 Å². The van der Waals surface area contributed by atoms with E-state index in [9.17, 15) is 0 Å². The van der Waals surface area contributed by atoms with Crippen molar-refractivity contribution in [3.05, 3.63) is 64.5 Å². The number of aromatic nitrogens is 3. The van der Waals surface area contributed by atoms with Gasteiger partial charge >= 0.3 is 0 Å². The Morgan fingerprint density at radius 1 is 1.15 bits per heavy atom. The zero-order chi connectivity index (χ0) is 18.7. The summed E-state index contributed by atoms with van der Waals surface area (Å²) in [4.78, 5) is 4.37. The fourth-order valence-electron chi connectivity index (χ4n) is 3.62. The van der Waals surface area contributed by atoms with Crippen LogP contribution in [0.5, 0.6) is 0 Å². The van der Waals surface area contributed by atoms with Crippen LogP contribution in [0.25, 0.3) is 5.65 Å². The van der Waals surface area contributed by atoms with E-state index in [1.54, 1.807) is 7.05 Å². The molecule has 4 rings (SSSR count). The van der Waals surface area contributed by atoms with Gasteiger partial charge in [-0.15, -0.1) is 10.2 Å². The number of hydrogen-bond donors (Lipinski definition) is 2. The van der Waals surface area contributed by atoms with Crippen molar-refractivity contribution in [3.8, 4) is 0 Å². The number of halogens is 1. The van der Waals surface area contributed by atoms with Gasteiger partial charge in [-0.05, 0) is 42.7 Å². The number of fused-ring (bicyclic) bond motifs is 1. The SMILES string of the molecule is CN=C(NCc1nnc2ccccn12)NCC1(c2ccc(Br)cc2)CCC1. The highest BCUT2D eigenvalue weighted by Crippen LogP contribution is 2.43. The van der Waals surface area contributed by atoms with E-state index in [2.05, 4.69) is 66.0 Å². The van der Waals surface area contributed by atoms with Gasteiger partial charge < -0.3 is 10.6 Å². The molecule has 0 aliphatic heterocycles. The van der Waals surface area contributed by atoms with E-state index in [1.807, 2.05) is 28.8 Å². The first-order valence-corrected chi connectivity index (χ1v) is 9.99. The first-order chi connectivity index (χ1) is 13.2. The molecule has 0 saturated heterocycles. The summed E-state index contributed by atoms with van der Waals surface area (Å²) in [5.74, 6) is 1.64. The molecule has 0 spiro atoms. The van der Waals surface area contributed by atoms with Crippen LogP contribution >= 0.6 is 15.9 Å². The lowest BCUT2D eigenvalue weighted by Gasteiger charge is -2.43. The largest absolute Gasteiger partial charge is 0.356 e. The van der Waals surface area contributed by atoms with Gasteiger partial charge in [0.1, 0.15) is 0 Å². The maximum atomic E-state index is 4.37. The average Bonchev–Trinajstić information content (AvgIpc) is 3.08. The molecule has 6 nitrogen and oxygen atoms in total. The Hall–Kier alpha value is -2.41. The molecule has 0 unspecified atom stereocenters. The first kappa shape index (κ1) is 18.0. The van der Waals surface area contributed by atoms with E-state index in [0.29, 0.717) is 6.54 Å². The highest BCUT2D eigenvalue weighted by molar-refractivity contribution is 9.10. The van der Waals surface area contributed by atoms with Crippen LogP contribution in [0.4, 0.5) is 0 Å². The number of rotatable bonds is 5. The van der Waals surface area contributed by atoms with Gasteiger partial charge in [0, 0.05) is 29.7 Å². The maximum Gasteiger partial charge on any atom is 0.191 e. The Bertz CT molecular complexity index is 943. The van der Waals surface area contributed by atoms with Crippen LogP contribution in [0.2, 0.25) is 0 Å². The molecule has 1 aromatic carbocycles. The predicted octanol–water partition coefficient (Wildman–Crippen LogP) is 3.28. The minimum Gasteiger partial charge on any atom is -0.356 e. The second-order valence-corrected chi connectivity index (χ2v) is 7.88. The van der Waals surface area contributed by atoms with Crippen LogP contribution in [-0.4, -0.2) is 34.2 Å². The van der Waals surface area contributed by atoms with Gasteiger partial charge in [0.2, 0.25) is 0 Å². The van der Waals surface area contributed by atoms with Crippen LogP contribution in [0.1, 0.15) is 30.7 Å². The maximum absolute atomic E-state index is 4.37. The third-order valence-electron chi connectivity index (χ3n) is 5.38. The molecule has 2 aromatic heterocycles. The fraction of sp³-hybridized carbons (Fsp3) is 0.350. The Morgan fingerprint density at radius 2 is 1.96 bits per heavy atom. The molecule has 1 aliphatic carbocycles. The number of nitrogens with one attached hydrogen (secondary N) is 2. The number of nitrogens with zero attached hydrogens (tertiary/aromatic N) is 4. The summed E-state index contributed by atoms with van der Waals surface area (Å²) in [5, 5.41) is 15.3. The fourth-order valence-corrected chi connectivity index (χ4v) is 3.89. The Balaban J connectivity index is 1.39. The van der Waals surface area contributed by atoms with E-state index in [1.165, 1.54) is 24.8 Å². The van der Waals surface area contributed by atoms with E-state index < -0.39 is 0 Å². The number of pyridine rings is 1. The minimum atomic E-state index is 0.194. The van der Waals surface area contributed by atoms with Gasteiger partial charge in [0.15, 0.2) is 17.4 Å². The number of guanidine groups is 1. The molecule has 7 heteroatoms. The normalized spacial score (nSPS) is 16.1. The number of hydrogen-bond acceptors (Lipinski definition) is 3. The van der Waals surface area contributed by atoms with Gasteiger partial charge in [-0.25, -0.2) is 0 Å². The van der Waals surface area contributed by atoms with E-state index >= 15 is 0 Å².